The normalized spacial score (nSPS) is 11.9. The van der Waals surface area contributed by atoms with Crippen molar-refractivity contribution in [3.05, 3.63) is 21.9 Å². The fourth-order valence-electron chi connectivity index (χ4n) is 1.51. The van der Waals surface area contributed by atoms with Crippen LogP contribution in [0.25, 0.3) is 0 Å². The van der Waals surface area contributed by atoms with Crippen molar-refractivity contribution in [2.45, 2.75) is 26.8 Å². The molecule has 0 saturated carbocycles. The Kier molecular flexibility index (Phi) is 10.2. The minimum Gasteiger partial charge on any atom is -0.357 e. The second-order valence-electron chi connectivity index (χ2n) is 4.21. The number of guanidine groups is 1. The smallest absolute Gasteiger partial charge is 0.210 e. The van der Waals surface area contributed by atoms with Gasteiger partial charge in [-0.1, -0.05) is 6.92 Å². The van der Waals surface area contributed by atoms with E-state index in [4.69, 9.17) is 5.14 Å². The summed E-state index contributed by atoms with van der Waals surface area (Å²) in [5.74, 6) is 0.485. The highest BCUT2D eigenvalue weighted by atomic mass is 127. The molecule has 0 radical (unpaired) electrons. The number of nitrogens with zero attached hydrogens (tertiary/aromatic N) is 1. The number of aryl methyl sites for hydroxylation is 1. The van der Waals surface area contributed by atoms with Crippen molar-refractivity contribution >= 4 is 51.3 Å². The number of halogens is 1. The van der Waals surface area contributed by atoms with Crippen LogP contribution in [-0.4, -0.2) is 33.2 Å². The Hall–Kier alpha value is -0.390. The van der Waals surface area contributed by atoms with Gasteiger partial charge in [0, 0.05) is 22.8 Å². The second-order valence-corrected chi connectivity index (χ2v) is 7.20. The van der Waals surface area contributed by atoms with Crippen molar-refractivity contribution < 1.29 is 8.42 Å². The highest BCUT2D eigenvalue weighted by Crippen LogP contribution is 2.17. The number of aliphatic imine (C=N–C) groups is 1. The average Bonchev–Trinajstić information content (AvgIpc) is 2.82. The van der Waals surface area contributed by atoms with E-state index in [1.807, 2.05) is 6.92 Å². The number of primary sulfonamides is 1. The summed E-state index contributed by atoms with van der Waals surface area (Å²) in [6, 6.07) is 4.18. The van der Waals surface area contributed by atoms with E-state index >= 15 is 0 Å². The van der Waals surface area contributed by atoms with E-state index in [-0.39, 0.29) is 36.3 Å². The maximum Gasteiger partial charge on any atom is 0.210 e. The molecule has 21 heavy (non-hydrogen) atoms. The highest BCUT2D eigenvalue weighted by Gasteiger charge is 2.04. The first-order valence-corrected chi connectivity index (χ1v) is 9.08. The van der Waals surface area contributed by atoms with Crippen LogP contribution in [-0.2, 0) is 23.0 Å². The number of nitrogens with one attached hydrogen (secondary N) is 2. The van der Waals surface area contributed by atoms with Crippen molar-refractivity contribution in [1.82, 2.24) is 10.6 Å². The van der Waals surface area contributed by atoms with Gasteiger partial charge in [0.15, 0.2) is 5.96 Å². The van der Waals surface area contributed by atoms with Gasteiger partial charge in [0.1, 0.15) is 0 Å². The zero-order valence-electron chi connectivity index (χ0n) is 12.3. The van der Waals surface area contributed by atoms with Crippen molar-refractivity contribution in [2.75, 3.05) is 18.8 Å². The molecule has 0 amide bonds. The number of nitrogens with two attached hydrogens (primary N) is 1. The van der Waals surface area contributed by atoms with Crippen LogP contribution in [0.15, 0.2) is 17.1 Å². The fourth-order valence-corrected chi connectivity index (χ4v) is 2.78. The molecule has 9 heteroatoms. The second kappa shape index (κ2) is 10.4. The molecular weight excluding hydrogens is 423 g/mol. The van der Waals surface area contributed by atoms with Crippen LogP contribution < -0.4 is 15.8 Å². The quantitative estimate of drug-likeness (QED) is 0.334. The van der Waals surface area contributed by atoms with Gasteiger partial charge in [-0.25, -0.2) is 18.5 Å². The Morgan fingerprint density at radius 3 is 2.48 bits per heavy atom. The predicted octanol–water partition coefficient (Wildman–Crippen LogP) is 1.27. The van der Waals surface area contributed by atoms with E-state index < -0.39 is 10.0 Å². The number of sulfonamides is 1. The molecule has 0 aliphatic rings. The van der Waals surface area contributed by atoms with Crippen LogP contribution in [0.2, 0.25) is 0 Å². The van der Waals surface area contributed by atoms with Gasteiger partial charge in [0.2, 0.25) is 10.0 Å². The topological polar surface area (TPSA) is 96.6 Å². The van der Waals surface area contributed by atoms with Crippen LogP contribution in [0.4, 0.5) is 0 Å². The van der Waals surface area contributed by atoms with E-state index in [2.05, 4.69) is 34.7 Å². The minimum absolute atomic E-state index is 0. The minimum atomic E-state index is -3.45. The molecule has 0 aliphatic heterocycles. The first-order valence-electron chi connectivity index (χ1n) is 6.54. The first-order chi connectivity index (χ1) is 9.44. The van der Waals surface area contributed by atoms with Gasteiger partial charge < -0.3 is 10.6 Å². The van der Waals surface area contributed by atoms with Gasteiger partial charge in [-0.15, -0.1) is 35.3 Å². The first kappa shape index (κ1) is 20.6. The Morgan fingerprint density at radius 1 is 1.29 bits per heavy atom. The molecule has 0 saturated heterocycles. The summed E-state index contributed by atoms with van der Waals surface area (Å²) in [5.41, 5.74) is 0. The summed E-state index contributed by atoms with van der Waals surface area (Å²) in [5, 5.41) is 11.0. The lowest BCUT2D eigenvalue weighted by Gasteiger charge is -2.10. The molecule has 6 nitrogen and oxygen atoms in total. The maximum absolute atomic E-state index is 10.9. The Labute approximate surface area is 147 Å². The van der Waals surface area contributed by atoms with Crippen molar-refractivity contribution in [3.63, 3.8) is 0 Å². The molecule has 0 unspecified atom stereocenters. The van der Waals surface area contributed by atoms with E-state index in [1.54, 1.807) is 11.3 Å². The van der Waals surface area contributed by atoms with Crippen LogP contribution in [0.5, 0.6) is 0 Å². The molecule has 0 spiro atoms. The molecule has 1 rings (SSSR count). The summed E-state index contributed by atoms with van der Waals surface area (Å²) >= 11 is 1.74. The van der Waals surface area contributed by atoms with E-state index in [0.29, 0.717) is 19.0 Å². The van der Waals surface area contributed by atoms with Gasteiger partial charge in [0.25, 0.3) is 0 Å². The molecule has 1 aromatic rings. The van der Waals surface area contributed by atoms with Crippen molar-refractivity contribution in [1.29, 1.82) is 0 Å². The molecule has 0 aliphatic carbocycles. The molecule has 1 aromatic heterocycles. The number of hydrogen-bond acceptors (Lipinski definition) is 4. The molecule has 0 bridgehead atoms. The third-order valence-electron chi connectivity index (χ3n) is 2.48. The zero-order valence-corrected chi connectivity index (χ0v) is 16.2. The van der Waals surface area contributed by atoms with Crippen LogP contribution in [0, 0.1) is 0 Å². The third kappa shape index (κ3) is 9.27. The Morgan fingerprint density at radius 2 is 1.95 bits per heavy atom. The van der Waals surface area contributed by atoms with Crippen LogP contribution in [0.1, 0.15) is 23.6 Å². The van der Waals surface area contributed by atoms with E-state index in [9.17, 15) is 8.42 Å². The molecule has 0 fully saturated rings. The largest absolute Gasteiger partial charge is 0.357 e. The average molecular weight is 446 g/mol. The monoisotopic (exact) mass is 446 g/mol. The lowest BCUT2D eigenvalue weighted by atomic mass is 10.4. The van der Waals surface area contributed by atoms with Crippen molar-refractivity contribution in [3.8, 4) is 0 Å². The third-order valence-corrected chi connectivity index (χ3v) is 4.47. The van der Waals surface area contributed by atoms with Crippen LogP contribution >= 0.6 is 35.3 Å². The summed E-state index contributed by atoms with van der Waals surface area (Å²) in [6.07, 6.45) is 1.03. The van der Waals surface area contributed by atoms with Gasteiger partial charge in [-0.3, -0.25) is 0 Å². The van der Waals surface area contributed by atoms with Gasteiger partial charge in [0.05, 0.1) is 12.3 Å². The van der Waals surface area contributed by atoms with Gasteiger partial charge in [-0.05, 0) is 25.5 Å². The summed E-state index contributed by atoms with van der Waals surface area (Å²) in [6.45, 7) is 5.62. The predicted molar refractivity (Wildman–Crippen MR) is 99.9 cm³/mol. The summed E-state index contributed by atoms with van der Waals surface area (Å²) < 4.78 is 21.7. The fraction of sp³-hybridized carbons (Fsp3) is 0.583. The lowest BCUT2D eigenvalue weighted by molar-refractivity contribution is 0.596. The summed E-state index contributed by atoms with van der Waals surface area (Å²) in [7, 11) is -3.45. The number of thiophene rings is 1. The summed E-state index contributed by atoms with van der Waals surface area (Å²) in [4.78, 5) is 6.94. The van der Waals surface area contributed by atoms with Crippen LogP contribution in [0.3, 0.4) is 0 Å². The number of rotatable bonds is 7. The molecule has 4 N–H and O–H groups in total. The molecule has 0 atom stereocenters. The SMILES string of the molecule is CCNC(=NCc1ccc(CC)s1)NCCS(N)(=O)=O.I. The van der Waals surface area contributed by atoms with E-state index in [1.165, 1.54) is 9.75 Å². The van der Waals surface area contributed by atoms with Gasteiger partial charge >= 0.3 is 0 Å². The molecule has 122 valence electrons. The maximum atomic E-state index is 10.9. The van der Waals surface area contributed by atoms with Crippen molar-refractivity contribution in [2.24, 2.45) is 10.1 Å². The molecule has 0 aromatic carbocycles. The standard InChI is InChI=1S/C12H22N4O2S2.HI/c1-3-10-5-6-11(19-10)9-16-12(14-4-2)15-7-8-20(13,17)18;/h5-6H,3-4,7-9H2,1-2H3,(H2,13,17,18)(H2,14,15,16);1H. The molecular formula is C12H23IN4O2S2. The Bertz CT molecular complexity index is 543. The lowest BCUT2D eigenvalue weighted by Crippen LogP contribution is -2.40. The van der Waals surface area contributed by atoms with Gasteiger partial charge in [-0.2, -0.15) is 0 Å². The molecule has 1 heterocycles. The zero-order chi connectivity index (χ0) is 15.0. The Balaban J connectivity index is 0.00000400. The number of hydrogen-bond donors (Lipinski definition) is 3. The highest BCUT2D eigenvalue weighted by molar-refractivity contribution is 14.0. The van der Waals surface area contributed by atoms with E-state index in [0.717, 1.165) is 6.42 Å².